The summed E-state index contributed by atoms with van der Waals surface area (Å²) in [5.41, 5.74) is 6.16. The van der Waals surface area contributed by atoms with Crippen LogP contribution in [0.15, 0.2) is 77.2 Å². The molecular formula is C25H28N4O4. The highest BCUT2D eigenvalue weighted by molar-refractivity contribution is 5.93. The largest absolute Gasteiger partial charge is 0.486 e. The number of piperazine rings is 1. The highest BCUT2D eigenvalue weighted by atomic mass is 16.5. The molecule has 0 unspecified atom stereocenters. The van der Waals surface area contributed by atoms with Crippen molar-refractivity contribution in [2.24, 2.45) is 0 Å². The van der Waals surface area contributed by atoms with Crippen LogP contribution in [-0.4, -0.2) is 54.3 Å². The smallest absolute Gasteiger partial charge is 0.305 e. The summed E-state index contributed by atoms with van der Waals surface area (Å²) in [6.07, 6.45) is 0. The third-order valence-electron chi connectivity index (χ3n) is 5.41. The van der Waals surface area contributed by atoms with Crippen molar-refractivity contribution in [3.8, 4) is 5.75 Å². The molecule has 0 atom stereocenters. The molecule has 2 heterocycles. The minimum atomic E-state index is -0.512. The minimum absolute atomic E-state index is 0.108. The van der Waals surface area contributed by atoms with Crippen LogP contribution >= 0.6 is 0 Å². The van der Waals surface area contributed by atoms with Crippen molar-refractivity contribution >= 4 is 11.8 Å². The number of benzene rings is 2. The van der Waals surface area contributed by atoms with Gasteiger partial charge in [0.25, 0.3) is 5.91 Å². The Bertz CT molecular complexity index is 1030. The molecule has 0 radical (unpaired) electrons. The van der Waals surface area contributed by atoms with Crippen molar-refractivity contribution in [2.45, 2.75) is 13.2 Å². The molecule has 8 heteroatoms. The van der Waals surface area contributed by atoms with Gasteiger partial charge in [-0.05, 0) is 29.8 Å². The molecule has 1 aliphatic rings. The normalized spacial score (nSPS) is 14.5. The number of furan rings is 1. The van der Waals surface area contributed by atoms with E-state index in [9.17, 15) is 9.59 Å². The Morgan fingerprint density at radius 2 is 1.48 bits per heavy atom. The Labute approximate surface area is 193 Å². The third-order valence-corrected chi connectivity index (χ3v) is 5.41. The number of ether oxygens (including phenoxy) is 1. The van der Waals surface area contributed by atoms with E-state index in [1.54, 1.807) is 12.1 Å². The van der Waals surface area contributed by atoms with Crippen LogP contribution in [0.5, 0.6) is 5.75 Å². The zero-order valence-electron chi connectivity index (χ0n) is 18.4. The second-order valence-corrected chi connectivity index (χ2v) is 7.91. The number of hydrogen-bond acceptors (Lipinski definition) is 6. The Morgan fingerprint density at radius 3 is 2.21 bits per heavy atom. The van der Waals surface area contributed by atoms with E-state index in [2.05, 4.69) is 32.8 Å². The lowest BCUT2D eigenvalue weighted by Crippen LogP contribution is -2.51. The van der Waals surface area contributed by atoms with Crippen LogP contribution in [-0.2, 0) is 17.9 Å². The number of rotatable bonds is 8. The standard InChI is InChI=1S/C25H28N4O4/c30-24(18-29-15-13-28(14-16-29)17-20-7-3-1-4-8-20)26-27-25(31)23-12-11-22(33-23)19-32-21-9-5-2-6-10-21/h1-12H,13-19H2,(H,26,30)(H,27,31). The van der Waals surface area contributed by atoms with Gasteiger partial charge < -0.3 is 9.15 Å². The molecule has 33 heavy (non-hydrogen) atoms. The summed E-state index contributed by atoms with van der Waals surface area (Å²) in [7, 11) is 0. The molecule has 4 rings (SSSR count). The van der Waals surface area contributed by atoms with E-state index in [4.69, 9.17) is 9.15 Å². The van der Waals surface area contributed by atoms with Gasteiger partial charge >= 0.3 is 5.91 Å². The van der Waals surface area contributed by atoms with E-state index in [0.717, 1.165) is 32.7 Å². The van der Waals surface area contributed by atoms with Gasteiger partial charge in [-0.15, -0.1) is 0 Å². The summed E-state index contributed by atoms with van der Waals surface area (Å²) < 4.78 is 11.1. The van der Waals surface area contributed by atoms with Crippen molar-refractivity contribution in [3.05, 3.63) is 89.9 Å². The maximum atomic E-state index is 12.3. The number of nitrogens with one attached hydrogen (secondary N) is 2. The summed E-state index contributed by atoms with van der Waals surface area (Å²) >= 11 is 0. The van der Waals surface area contributed by atoms with Crippen LogP contribution in [0.3, 0.4) is 0 Å². The van der Waals surface area contributed by atoms with Crippen LogP contribution in [0.4, 0.5) is 0 Å². The Kier molecular flexibility index (Phi) is 7.73. The first kappa shape index (κ1) is 22.6. The summed E-state index contributed by atoms with van der Waals surface area (Å²) in [6.45, 7) is 4.75. The number of hydrazine groups is 1. The average Bonchev–Trinajstić information content (AvgIpc) is 3.33. The number of carbonyl (C=O) groups is 2. The minimum Gasteiger partial charge on any atom is -0.486 e. The first-order chi connectivity index (χ1) is 16.2. The maximum Gasteiger partial charge on any atom is 0.305 e. The van der Waals surface area contributed by atoms with E-state index >= 15 is 0 Å². The lowest BCUT2D eigenvalue weighted by molar-refractivity contribution is -0.123. The van der Waals surface area contributed by atoms with E-state index in [-0.39, 0.29) is 24.8 Å². The molecule has 0 aliphatic carbocycles. The van der Waals surface area contributed by atoms with Crippen molar-refractivity contribution in [3.63, 3.8) is 0 Å². The molecule has 0 bridgehead atoms. The lowest BCUT2D eigenvalue weighted by Gasteiger charge is -2.34. The van der Waals surface area contributed by atoms with Crippen LogP contribution in [0.25, 0.3) is 0 Å². The van der Waals surface area contributed by atoms with Gasteiger partial charge in [0, 0.05) is 32.7 Å². The maximum absolute atomic E-state index is 12.3. The number of carbonyl (C=O) groups excluding carboxylic acids is 2. The van der Waals surface area contributed by atoms with Crippen molar-refractivity contribution in [1.29, 1.82) is 0 Å². The molecule has 1 fully saturated rings. The fourth-order valence-electron chi connectivity index (χ4n) is 3.63. The van der Waals surface area contributed by atoms with Gasteiger partial charge in [-0.25, -0.2) is 0 Å². The number of hydrogen-bond donors (Lipinski definition) is 2. The molecule has 2 amide bonds. The molecular weight excluding hydrogens is 420 g/mol. The number of para-hydroxylation sites is 1. The molecule has 2 N–H and O–H groups in total. The van der Waals surface area contributed by atoms with Gasteiger partial charge in [0.2, 0.25) is 0 Å². The van der Waals surface area contributed by atoms with Crippen molar-refractivity contribution in [1.82, 2.24) is 20.7 Å². The number of nitrogens with zero attached hydrogens (tertiary/aromatic N) is 2. The highest BCUT2D eigenvalue weighted by Gasteiger charge is 2.19. The summed E-state index contributed by atoms with van der Waals surface area (Å²) in [4.78, 5) is 29.0. The van der Waals surface area contributed by atoms with E-state index in [1.165, 1.54) is 5.56 Å². The predicted octanol–water partition coefficient (Wildman–Crippen LogP) is 2.44. The fraction of sp³-hybridized carbons (Fsp3) is 0.280. The fourth-order valence-corrected chi connectivity index (χ4v) is 3.63. The summed E-state index contributed by atoms with van der Waals surface area (Å²) in [5.74, 6) is 0.564. The van der Waals surface area contributed by atoms with Crippen LogP contribution in [0.2, 0.25) is 0 Å². The summed E-state index contributed by atoms with van der Waals surface area (Å²) in [5, 5.41) is 0. The second-order valence-electron chi connectivity index (χ2n) is 7.91. The van der Waals surface area contributed by atoms with Gasteiger partial charge in [0.15, 0.2) is 5.76 Å². The molecule has 1 saturated heterocycles. The van der Waals surface area contributed by atoms with Crippen LogP contribution in [0, 0.1) is 0 Å². The third kappa shape index (κ3) is 6.93. The van der Waals surface area contributed by atoms with E-state index < -0.39 is 5.91 Å². The molecule has 0 spiro atoms. The quantitative estimate of drug-likeness (QED) is 0.515. The lowest BCUT2D eigenvalue weighted by atomic mass is 10.2. The van der Waals surface area contributed by atoms with Crippen molar-refractivity contribution < 1.29 is 18.7 Å². The van der Waals surface area contributed by atoms with Gasteiger partial charge in [-0.1, -0.05) is 48.5 Å². The molecule has 0 saturated carbocycles. The predicted molar refractivity (Wildman–Crippen MR) is 123 cm³/mol. The van der Waals surface area contributed by atoms with Crippen molar-refractivity contribution in [2.75, 3.05) is 32.7 Å². The van der Waals surface area contributed by atoms with Gasteiger partial charge in [0.1, 0.15) is 18.1 Å². The van der Waals surface area contributed by atoms with Gasteiger partial charge in [0.05, 0.1) is 6.54 Å². The molecule has 3 aromatic rings. The topological polar surface area (TPSA) is 87.1 Å². The van der Waals surface area contributed by atoms with E-state index in [0.29, 0.717) is 11.5 Å². The van der Waals surface area contributed by atoms with Gasteiger partial charge in [-0.3, -0.25) is 30.2 Å². The first-order valence-corrected chi connectivity index (χ1v) is 11.0. The molecule has 8 nitrogen and oxygen atoms in total. The van der Waals surface area contributed by atoms with Gasteiger partial charge in [-0.2, -0.15) is 0 Å². The van der Waals surface area contributed by atoms with E-state index in [1.807, 2.05) is 48.5 Å². The zero-order valence-corrected chi connectivity index (χ0v) is 18.4. The number of amides is 2. The molecule has 1 aromatic heterocycles. The Morgan fingerprint density at radius 1 is 0.818 bits per heavy atom. The molecule has 172 valence electrons. The Hall–Kier alpha value is -3.62. The van der Waals surface area contributed by atoms with Crippen LogP contribution in [0.1, 0.15) is 21.9 Å². The summed E-state index contributed by atoms with van der Waals surface area (Å²) in [6, 6.07) is 22.9. The molecule has 1 aliphatic heterocycles. The SMILES string of the molecule is O=C(CN1CCN(Cc2ccccc2)CC1)NNC(=O)c1ccc(COc2ccccc2)o1. The van der Waals surface area contributed by atoms with Crippen LogP contribution < -0.4 is 15.6 Å². The monoisotopic (exact) mass is 448 g/mol. The Balaban J connectivity index is 1.14. The first-order valence-electron chi connectivity index (χ1n) is 11.0. The average molecular weight is 449 g/mol. The zero-order chi connectivity index (χ0) is 22.9. The molecule has 2 aromatic carbocycles. The second kappa shape index (κ2) is 11.3. The highest BCUT2D eigenvalue weighted by Crippen LogP contribution is 2.14.